The minimum atomic E-state index is -0.799. The van der Waals surface area contributed by atoms with Crippen LogP contribution in [0.3, 0.4) is 0 Å². The highest BCUT2D eigenvalue weighted by atomic mass is 16.5. The molecule has 1 amide bonds. The number of benzene rings is 1. The molecule has 1 fully saturated rings. The molecule has 1 unspecified atom stereocenters. The van der Waals surface area contributed by atoms with Gasteiger partial charge in [-0.1, -0.05) is 31.2 Å². The molecule has 0 aliphatic carbocycles. The second-order valence-electron chi connectivity index (χ2n) is 6.71. The zero-order valence-corrected chi connectivity index (χ0v) is 14.7. The summed E-state index contributed by atoms with van der Waals surface area (Å²) in [5, 5.41) is 9.03. The first-order chi connectivity index (χ1) is 12.1. The monoisotopic (exact) mass is 346 g/mol. The van der Waals surface area contributed by atoms with Crippen molar-refractivity contribution in [1.29, 1.82) is 0 Å². The molecule has 25 heavy (non-hydrogen) atoms. The molecule has 3 rings (SSSR count). The standard InChI is InChI=1S/C19H26N2O4/c1-2-20(13-17(22)23)15-7-10-21(11-8-15)19(24)18-16-6-4-3-5-14(16)9-12-25-18/h3-6,15,18H,2,7-13H2,1H3,(H,22,23). The lowest BCUT2D eigenvalue weighted by Gasteiger charge is -2.39. The van der Waals surface area contributed by atoms with Crippen molar-refractivity contribution < 1.29 is 19.4 Å². The van der Waals surface area contributed by atoms with Gasteiger partial charge in [0.05, 0.1) is 13.2 Å². The Bertz CT molecular complexity index is 626. The predicted octanol–water partition coefficient (Wildman–Crippen LogP) is 1.70. The van der Waals surface area contributed by atoms with Crippen LogP contribution >= 0.6 is 0 Å². The molecule has 2 heterocycles. The van der Waals surface area contributed by atoms with E-state index in [1.54, 1.807) is 0 Å². The van der Waals surface area contributed by atoms with Gasteiger partial charge in [0.1, 0.15) is 0 Å². The van der Waals surface area contributed by atoms with E-state index >= 15 is 0 Å². The molecule has 2 aliphatic heterocycles. The van der Waals surface area contributed by atoms with Crippen LogP contribution in [0.5, 0.6) is 0 Å². The number of hydrogen-bond donors (Lipinski definition) is 1. The van der Waals surface area contributed by atoms with E-state index in [0.717, 1.165) is 24.8 Å². The molecule has 6 heteroatoms. The topological polar surface area (TPSA) is 70.1 Å². The van der Waals surface area contributed by atoms with E-state index in [2.05, 4.69) is 6.07 Å². The number of carbonyl (C=O) groups excluding carboxylic acids is 1. The number of amides is 1. The van der Waals surface area contributed by atoms with E-state index in [4.69, 9.17) is 9.84 Å². The van der Waals surface area contributed by atoms with E-state index < -0.39 is 12.1 Å². The number of carbonyl (C=O) groups is 2. The van der Waals surface area contributed by atoms with Gasteiger partial charge in [-0.25, -0.2) is 0 Å². The van der Waals surface area contributed by atoms with Gasteiger partial charge in [0.25, 0.3) is 5.91 Å². The highest BCUT2D eigenvalue weighted by Gasteiger charge is 2.34. The minimum absolute atomic E-state index is 0.0342. The molecular weight excluding hydrogens is 320 g/mol. The van der Waals surface area contributed by atoms with Crippen LogP contribution < -0.4 is 0 Å². The summed E-state index contributed by atoms with van der Waals surface area (Å²) in [6.07, 6.45) is 1.97. The van der Waals surface area contributed by atoms with Gasteiger partial charge in [-0.15, -0.1) is 0 Å². The van der Waals surface area contributed by atoms with Gasteiger partial charge in [0, 0.05) is 19.1 Å². The maximum atomic E-state index is 12.9. The normalized spacial score (nSPS) is 21.2. The van der Waals surface area contributed by atoms with E-state index in [0.29, 0.717) is 26.2 Å². The smallest absolute Gasteiger partial charge is 0.317 e. The molecule has 0 aromatic heterocycles. The molecule has 136 valence electrons. The van der Waals surface area contributed by atoms with E-state index in [9.17, 15) is 9.59 Å². The van der Waals surface area contributed by atoms with Gasteiger partial charge in [0.2, 0.25) is 0 Å². The molecular formula is C19H26N2O4. The van der Waals surface area contributed by atoms with Crippen molar-refractivity contribution in [3.63, 3.8) is 0 Å². The van der Waals surface area contributed by atoms with Crippen molar-refractivity contribution in [2.75, 3.05) is 32.8 Å². The maximum Gasteiger partial charge on any atom is 0.317 e. The SMILES string of the molecule is CCN(CC(=O)O)C1CCN(C(=O)C2OCCc3ccccc32)CC1. The first kappa shape index (κ1) is 17.9. The van der Waals surface area contributed by atoms with Crippen LogP contribution in [0.25, 0.3) is 0 Å². The summed E-state index contributed by atoms with van der Waals surface area (Å²) in [5.74, 6) is -0.764. The van der Waals surface area contributed by atoms with Crippen LogP contribution in [0.15, 0.2) is 24.3 Å². The number of rotatable bonds is 5. The fourth-order valence-electron chi connectivity index (χ4n) is 3.89. The van der Waals surface area contributed by atoms with Crippen molar-refractivity contribution in [1.82, 2.24) is 9.80 Å². The van der Waals surface area contributed by atoms with Gasteiger partial charge in [0.15, 0.2) is 6.10 Å². The van der Waals surface area contributed by atoms with Crippen LogP contribution in [0.1, 0.15) is 37.0 Å². The highest BCUT2D eigenvalue weighted by Crippen LogP contribution is 2.30. The van der Waals surface area contributed by atoms with Gasteiger partial charge < -0.3 is 14.7 Å². The Morgan fingerprint density at radius 2 is 2.00 bits per heavy atom. The van der Waals surface area contributed by atoms with Crippen molar-refractivity contribution in [2.24, 2.45) is 0 Å². The van der Waals surface area contributed by atoms with Gasteiger partial charge in [-0.2, -0.15) is 0 Å². The third-order valence-corrected chi connectivity index (χ3v) is 5.25. The molecule has 2 aliphatic rings. The quantitative estimate of drug-likeness (QED) is 0.879. The number of hydrogen-bond acceptors (Lipinski definition) is 4. The molecule has 6 nitrogen and oxygen atoms in total. The summed E-state index contributed by atoms with van der Waals surface area (Å²) in [6.45, 7) is 4.64. The van der Waals surface area contributed by atoms with Crippen LogP contribution in [0.4, 0.5) is 0 Å². The number of carboxylic acid groups (broad SMARTS) is 1. The van der Waals surface area contributed by atoms with Gasteiger partial charge in [-0.05, 0) is 36.9 Å². The van der Waals surface area contributed by atoms with E-state index in [1.807, 2.05) is 34.9 Å². The zero-order valence-electron chi connectivity index (χ0n) is 14.7. The first-order valence-corrected chi connectivity index (χ1v) is 9.04. The molecule has 0 saturated carbocycles. The van der Waals surface area contributed by atoms with Crippen LogP contribution in [-0.4, -0.2) is 65.6 Å². The summed E-state index contributed by atoms with van der Waals surface area (Å²) >= 11 is 0. The average Bonchev–Trinajstić information content (AvgIpc) is 2.65. The molecule has 0 bridgehead atoms. The second kappa shape index (κ2) is 7.97. The van der Waals surface area contributed by atoms with Gasteiger partial charge in [-0.3, -0.25) is 14.5 Å². The second-order valence-corrected chi connectivity index (χ2v) is 6.71. The molecule has 1 saturated heterocycles. The molecule has 1 aromatic rings. The van der Waals surface area contributed by atoms with Crippen LogP contribution in [-0.2, 0) is 20.7 Å². The van der Waals surface area contributed by atoms with Crippen molar-refractivity contribution in [3.05, 3.63) is 35.4 Å². The summed E-state index contributed by atoms with van der Waals surface area (Å²) in [6, 6.07) is 8.22. The average molecular weight is 346 g/mol. The Labute approximate surface area is 148 Å². The third-order valence-electron chi connectivity index (χ3n) is 5.25. The zero-order chi connectivity index (χ0) is 17.8. The number of ether oxygens (including phenoxy) is 1. The third kappa shape index (κ3) is 4.02. The Hall–Kier alpha value is -1.92. The number of likely N-dealkylation sites (tertiary alicyclic amines) is 1. The Balaban J connectivity index is 1.62. The molecule has 0 spiro atoms. The minimum Gasteiger partial charge on any atom is -0.480 e. The van der Waals surface area contributed by atoms with Crippen molar-refractivity contribution >= 4 is 11.9 Å². The Kier molecular flexibility index (Phi) is 5.71. The number of aliphatic carboxylic acids is 1. The summed E-state index contributed by atoms with van der Waals surface area (Å²) in [4.78, 5) is 27.8. The van der Waals surface area contributed by atoms with Crippen molar-refractivity contribution in [3.8, 4) is 0 Å². The molecule has 0 radical (unpaired) electrons. The lowest BCUT2D eigenvalue weighted by atomic mass is 9.95. The number of likely N-dealkylation sites (N-methyl/N-ethyl adjacent to an activating group) is 1. The summed E-state index contributed by atoms with van der Waals surface area (Å²) < 4.78 is 5.79. The highest BCUT2D eigenvalue weighted by molar-refractivity contribution is 5.83. The Morgan fingerprint density at radius 1 is 1.28 bits per heavy atom. The first-order valence-electron chi connectivity index (χ1n) is 9.04. The maximum absolute atomic E-state index is 12.9. The number of carboxylic acids is 1. The lowest BCUT2D eigenvalue weighted by molar-refractivity contribution is -0.147. The number of piperidine rings is 1. The largest absolute Gasteiger partial charge is 0.480 e. The molecule has 1 aromatic carbocycles. The molecule has 1 atom stereocenters. The van der Waals surface area contributed by atoms with E-state index in [1.165, 1.54) is 5.56 Å². The fraction of sp³-hybridized carbons (Fsp3) is 0.579. The summed E-state index contributed by atoms with van der Waals surface area (Å²) in [7, 11) is 0. The predicted molar refractivity (Wildman–Crippen MR) is 93.3 cm³/mol. The van der Waals surface area contributed by atoms with Crippen LogP contribution in [0.2, 0.25) is 0 Å². The fourth-order valence-corrected chi connectivity index (χ4v) is 3.89. The van der Waals surface area contributed by atoms with Gasteiger partial charge >= 0.3 is 5.97 Å². The van der Waals surface area contributed by atoms with Crippen molar-refractivity contribution in [2.45, 2.75) is 38.3 Å². The Morgan fingerprint density at radius 3 is 2.68 bits per heavy atom. The number of fused-ring (bicyclic) bond motifs is 1. The summed E-state index contributed by atoms with van der Waals surface area (Å²) in [5.41, 5.74) is 2.18. The molecule has 1 N–H and O–H groups in total. The van der Waals surface area contributed by atoms with E-state index in [-0.39, 0.29) is 18.5 Å². The van der Waals surface area contributed by atoms with Crippen LogP contribution in [0, 0.1) is 0 Å². The number of nitrogens with zero attached hydrogens (tertiary/aromatic N) is 2. The lowest BCUT2D eigenvalue weighted by Crippen LogP contribution is -2.49.